The molecule has 0 unspecified atom stereocenters. The predicted octanol–water partition coefficient (Wildman–Crippen LogP) is 5.34. The molecule has 3 aromatic carbocycles. The molecule has 1 saturated carbocycles. The first-order valence-electron chi connectivity index (χ1n) is 10.2. The molecule has 0 heterocycles. The van der Waals surface area contributed by atoms with E-state index in [4.69, 9.17) is 5.41 Å². The number of aromatic hydroxyl groups is 1. The third-order valence-corrected chi connectivity index (χ3v) is 6.38. The Morgan fingerprint density at radius 3 is 2.42 bits per heavy atom. The number of carbonyl (C=O) groups is 1. The molecule has 6 heteroatoms. The fraction of sp³-hybridized carbons (Fsp3) is 0.200. The van der Waals surface area contributed by atoms with Gasteiger partial charge in [-0.2, -0.15) is 0 Å². The molecular formula is C25H25N3O2S. The summed E-state index contributed by atoms with van der Waals surface area (Å²) in [4.78, 5) is 14.3. The Hall–Kier alpha value is -3.09. The molecule has 3 aromatic rings. The van der Waals surface area contributed by atoms with E-state index in [9.17, 15) is 9.90 Å². The van der Waals surface area contributed by atoms with E-state index < -0.39 is 5.41 Å². The molecule has 1 aliphatic rings. The molecular weight excluding hydrogens is 406 g/mol. The van der Waals surface area contributed by atoms with Crippen LogP contribution in [-0.4, -0.2) is 23.8 Å². The van der Waals surface area contributed by atoms with Crippen molar-refractivity contribution in [3.05, 3.63) is 77.9 Å². The van der Waals surface area contributed by atoms with Crippen LogP contribution in [0.3, 0.4) is 0 Å². The van der Waals surface area contributed by atoms with Crippen molar-refractivity contribution in [3.8, 4) is 16.9 Å². The Morgan fingerprint density at radius 1 is 1.03 bits per heavy atom. The molecule has 4 rings (SSSR count). The zero-order valence-electron chi connectivity index (χ0n) is 17.5. The van der Waals surface area contributed by atoms with Gasteiger partial charge in [0.25, 0.3) is 0 Å². The molecule has 0 atom stereocenters. The number of rotatable bonds is 7. The van der Waals surface area contributed by atoms with Gasteiger partial charge >= 0.3 is 0 Å². The number of carbonyl (C=O) groups excluding carboxylic acids is 1. The second-order valence-electron chi connectivity index (χ2n) is 7.80. The van der Waals surface area contributed by atoms with Gasteiger partial charge in [0.1, 0.15) is 5.75 Å². The summed E-state index contributed by atoms with van der Waals surface area (Å²) in [6.07, 6.45) is 1.51. The number of anilines is 1. The van der Waals surface area contributed by atoms with E-state index in [2.05, 4.69) is 34.3 Å². The molecule has 1 aliphatic carbocycles. The summed E-state index contributed by atoms with van der Waals surface area (Å²) < 4.78 is 3.06. The maximum absolute atomic E-state index is 13.2. The first-order chi connectivity index (χ1) is 14.9. The molecule has 158 valence electrons. The van der Waals surface area contributed by atoms with Crippen LogP contribution < -0.4 is 10.0 Å². The van der Waals surface area contributed by atoms with E-state index in [0.29, 0.717) is 5.56 Å². The van der Waals surface area contributed by atoms with Crippen LogP contribution in [0.4, 0.5) is 5.69 Å². The lowest BCUT2D eigenvalue weighted by atomic mass is 9.92. The number of hydrogen-bond donors (Lipinski definition) is 4. The smallest absolute Gasteiger partial charge is 0.235 e. The molecule has 5 nitrogen and oxygen atoms in total. The molecule has 1 amide bonds. The topological polar surface area (TPSA) is 85.2 Å². The summed E-state index contributed by atoms with van der Waals surface area (Å²) in [5, 5.41) is 20.9. The maximum atomic E-state index is 13.2. The van der Waals surface area contributed by atoms with Gasteiger partial charge in [-0.05, 0) is 91.8 Å². The van der Waals surface area contributed by atoms with Gasteiger partial charge in [0.2, 0.25) is 5.91 Å². The molecule has 0 saturated heterocycles. The molecule has 0 aliphatic heterocycles. The monoisotopic (exact) mass is 431 g/mol. The lowest BCUT2D eigenvalue weighted by Crippen LogP contribution is -2.28. The van der Waals surface area contributed by atoms with Gasteiger partial charge in [-0.25, -0.2) is 0 Å². The molecule has 1 fully saturated rings. The second kappa shape index (κ2) is 8.57. The molecule has 31 heavy (non-hydrogen) atoms. The Morgan fingerprint density at radius 2 is 1.77 bits per heavy atom. The lowest BCUT2D eigenvalue weighted by molar-refractivity contribution is -0.118. The van der Waals surface area contributed by atoms with Crippen molar-refractivity contribution in [2.24, 2.45) is 0 Å². The minimum absolute atomic E-state index is 0.0512. The molecule has 0 radical (unpaired) electrons. The predicted molar refractivity (Wildman–Crippen MR) is 127 cm³/mol. The Bertz CT molecular complexity index is 1140. The van der Waals surface area contributed by atoms with E-state index in [1.807, 2.05) is 31.3 Å². The standard InChI is InChI=1S/C25H25N3O2S/c1-16(26)22-15-19(8-11-23(22)29)25(12-13-25)24(30)28-20-5-3-4-18(14-20)17-6-9-21(10-7-17)31-27-2/h3-11,14-15,26-27,29H,12-13H2,1-2H3,(H,28,30). The highest BCUT2D eigenvalue weighted by atomic mass is 32.2. The SMILES string of the molecule is CNSc1ccc(-c2cccc(NC(=O)C3(c4ccc(O)c(C(C)=N)c4)CC3)c2)cc1. The average Bonchev–Trinajstić information content (AvgIpc) is 3.57. The van der Waals surface area contributed by atoms with Crippen molar-refractivity contribution in [2.75, 3.05) is 12.4 Å². The maximum Gasteiger partial charge on any atom is 0.235 e. The van der Waals surface area contributed by atoms with Crippen LogP contribution in [0, 0.1) is 5.41 Å². The van der Waals surface area contributed by atoms with Crippen molar-refractivity contribution in [3.63, 3.8) is 0 Å². The fourth-order valence-electron chi connectivity index (χ4n) is 3.77. The van der Waals surface area contributed by atoms with E-state index >= 15 is 0 Å². The summed E-state index contributed by atoms with van der Waals surface area (Å²) in [5.41, 5.74) is 3.88. The summed E-state index contributed by atoms with van der Waals surface area (Å²) in [6, 6.07) is 21.3. The summed E-state index contributed by atoms with van der Waals surface area (Å²) in [5.74, 6) is 0.0176. The highest BCUT2D eigenvalue weighted by Crippen LogP contribution is 2.49. The van der Waals surface area contributed by atoms with E-state index in [1.165, 1.54) is 0 Å². The Kier molecular flexibility index (Phi) is 5.85. The quantitative estimate of drug-likeness (QED) is 0.300. The van der Waals surface area contributed by atoms with E-state index in [0.717, 1.165) is 40.1 Å². The van der Waals surface area contributed by atoms with Gasteiger partial charge in [0, 0.05) is 21.9 Å². The van der Waals surface area contributed by atoms with Crippen LogP contribution in [0.1, 0.15) is 30.9 Å². The number of benzene rings is 3. The van der Waals surface area contributed by atoms with Crippen LogP contribution in [0.25, 0.3) is 11.1 Å². The Balaban J connectivity index is 1.55. The van der Waals surface area contributed by atoms with Crippen molar-refractivity contribution in [1.29, 1.82) is 5.41 Å². The third-order valence-electron chi connectivity index (χ3n) is 5.67. The van der Waals surface area contributed by atoms with E-state index in [1.54, 1.807) is 37.1 Å². The first-order valence-corrected chi connectivity index (χ1v) is 11.0. The lowest BCUT2D eigenvalue weighted by Gasteiger charge is -2.18. The minimum atomic E-state index is -0.597. The normalized spacial score (nSPS) is 14.1. The van der Waals surface area contributed by atoms with Gasteiger partial charge in [-0.1, -0.05) is 30.3 Å². The first kappa shape index (κ1) is 21.2. The van der Waals surface area contributed by atoms with Crippen LogP contribution in [0.15, 0.2) is 71.6 Å². The minimum Gasteiger partial charge on any atom is -0.507 e. The number of nitrogens with one attached hydrogen (secondary N) is 3. The molecule has 0 spiro atoms. The van der Waals surface area contributed by atoms with Crippen LogP contribution >= 0.6 is 11.9 Å². The second-order valence-corrected chi connectivity index (χ2v) is 8.89. The summed E-state index contributed by atoms with van der Waals surface area (Å²) in [6.45, 7) is 1.63. The van der Waals surface area contributed by atoms with E-state index in [-0.39, 0.29) is 17.4 Å². The number of phenols is 1. The summed E-state index contributed by atoms with van der Waals surface area (Å²) >= 11 is 1.57. The van der Waals surface area contributed by atoms with Gasteiger partial charge in [0.05, 0.1) is 5.41 Å². The zero-order chi connectivity index (χ0) is 22.0. The van der Waals surface area contributed by atoms with Crippen molar-refractivity contribution in [2.45, 2.75) is 30.1 Å². The van der Waals surface area contributed by atoms with Crippen LogP contribution in [-0.2, 0) is 10.2 Å². The van der Waals surface area contributed by atoms with Gasteiger partial charge in [0.15, 0.2) is 0 Å². The number of amides is 1. The van der Waals surface area contributed by atoms with Gasteiger partial charge in [-0.15, -0.1) is 0 Å². The summed E-state index contributed by atoms with van der Waals surface area (Å²) in [7, 11) is 1.89. The molecule has 0 bridgehead atoms. The number of hydrogen-bond acceptors (Lipinski definition) is 5. The van der Waals surface area contributed by atoms with Gasteiger partial charge in [-0.3, -0.25) is 9.52 Å². The third kappa shape index (κ3) is 4.36. The van der Waals surface area contributed by atoms with Crippen molar-refractivity contribution in [1.82, 2.24) is 4.72 Å². The Labute approximate surface area is 186 Å². The van der Waals surface area contributed by atoms with Crippen LogP contribution in [0.5, 0.6) is 5.75 Å². The average molecular weight is 432 g/mol. The largest absolute Gasteiger partial charge is 0.507 e. The molecule has 4 N–H and O–H groups in total. The van der Waals surface area contributed by atoms with Crippen molar-refractivity contribution < 1.29 is 9.90 Å². The number of phenolic OH excluding ortho intramolecular Hbond substituents is 1. The molecule has 0 aromatic heterocycles. The zero-order valence-corrected chi connectivity index (χ0v) is 18.3. The fourth-order valence-corrected chi connectivity index (χ4v) is 4.27. The van der Waals surface area contributed by atoms with Gasteiger partial charge < -0.3 is 15.8 Å². The van der Waals surface area contributed by atoms with Crippen LogP contribution in [0.2, 0.25) is 0 Å². The highest BCUT2D eigenvalue weighted by molar-refractivity contribution is 7.97. The van der Waals surface area contributed by atoms with Crippen molar-refractivity contribution >= 4 is 29.3 Å². The highest BCUT2D eigenvalue weighted by Gasteiger charge is 2.51.